The summed E-state index contributed by atoms with van der Waals surface area (Å²) in [6.07, 6.45) is 3.55. The fraction of sp³-hybridized carbons (Fsp3) is 0.250. The zero-order valence-electron chi connectivity index (χ0n) is 9.56. The van der Waals surface area contributed by atoms with Crippen LogP contribution in [0.25, 0.3) is 0 Å². The maximum Gasteiger partial charge on any atom is 0.130 e. The highest BCUT2D eigenvalue weighted by atomic mass is 79.9. The number of nitrogens with two attached hydrogens (primary N) is 1. The molecule has 5 heteroatoms. The minimum atomic E-state index is 0.490. The highest BCUT2D eigenvalue weighted by Crippen LogP contribution is 2.22. The van der Waals surface area contributed by atoms with Gasteiger partial charge in [-0.2, -0.15) is 0 Å². The van der Waals surface area contributed by atoms with E-state index in [1.165, 1.54) is 0 Å². The fourth-order valence-corrected chi connectivity index (χ4v) is 1.89. The standard InChI is InChI=1S/C12H14BrN3O/c1-16-8-15-6-10(16)7-17-11-2-3-12(13)9(4-11)5-14/h2-4,6,8H,5,7,14H2,1H3. The third-order valence-corrected chi connectivity index (χ3v) is 3.31. The first-order chi connectivity index (χ1) is 8.20. The molecule has 0 unspecified atom stereocenters. The lowest BCUT2D eigenvalue weighted by Crippen LogP contribution is -2.02. The van der Waals surface area contributed by atoms with Gasteiger partial charge in [0.1, 0.15) is 12.4 Å². The van der Waals surface area contributed by atoms with E-state index in [-0.39, 0.29) is 0 Å². The van der Waals surface area contributed by atoms with Crippen LogP contribution in [0.5, 0.6) is 5.75 Å². The van der Waals surface area contributed by atoms with Crippen LogP contribution in [-0.2, 0) is 20.2 Å². The molecule has 2 N–H and O–H groups in total. The van der Waals surface area contributed by atoms with E-state index in [1.54, 1.807) is 12.5 Å². The Hall–Kier alpha value is -1.33. The SMILES string of the molecule is Cn1cncc1COc1ccc(Br)c(CN)c1. The van der Waals surface area contributed by atoms with Crippen LogP contribution in [0.2, 0.25) is 0 Å². The fourth-order valence-electron chi connectivity index (χ4n) is 1.48. The van der Waals surface area contributed by atoms with E-state index in [2.05, 4.69) is 20.9 Å². The van der Waals surface area contributed by atoms with Gasteiger partial charge >= 0.3 is 0 Å². The summed E-state index contributed by atoms with van der Waals surface area (Å²) in [5, 5.41) is 0. The van der Waals surface area contributed by atoms with Gasteiger partial charge in [0.15, 0.2) is 0 Å². The van der Waals surface area contributed by atoms with Gasteiger partial charge in [0.05, 0.1) is 18.2 Å². The highest BCUT2D eigenvalue weighted by Gasteiger charge is 2.03. The molecule has 90 valence electrons. The normalized spacial score (nSPS) is 10.5. The quantitative estimate of drug-likeness (QED) is 0.941. The van der Waals surface area contributed by atoms with Gasteiger partial charge in [0.25, 0.3) is 0 Å². The average molecular weight is 296 g/mol. The number of halogens is 1. The van der Waals surface area contributed by atoms with Crippen molar-refractivity contribution >= 4 is 15.9 Å². The van der Waals surface area contributed by atoms with Crippen molar-refractivity contribution in [3.8, 4) is 5.75 Å². The predicted molar refractivity (Wildman–Crippen MR) is 69.6 cm³/mol. The lowest BCUT2D eigenvalue weighted by Gasteiger charge is -2.09. The van der Waals surface area contributed by atoms with Gasteiger partial charge in [0, 0.05) is 18.1 Å². The van der Waals surface area contributed by atoms with Gasteiger partial charge in [-0.15, -0.1) is 0 Å². The molecule has 2 rings (SSSR count). The second-order valence-electron chi connectivity index (χ2n) is 3.74. The Balaban J connectivity index is 2.07. The lowest BCUT2D eigenvalue weighted by molar-refractivity contribution is 0.297. The Morgan fingerprint density at radius 3 is 2.94 bits per heavy atom. The molecule has 17 heavy (non-hydrogen) atoms. The van der Waals surface area contributed by atoms with Crippen LogP contribution >= 0.6 is 15.9 Å². The van der Waals surface area contributed by atoms with E-state index in [1.807, 2.05) is 29.8 Å². The van der Waals surface area contributed by atoms with E-state index in [0.717, 1.165) is 21.5 Å². The molecule has 0 aliphatic heterocycles. The molecule has 2 aromatic rings. The molecule has 0 bridgehead atoms. The van der Waals surface area contributed by atoms with E-state index in [4.69, 9.17) is 10.5 Å². The number of aromatic nitrogens is 2. The van der Waals surface area contributed by atoms with Crippen molar-refractivity contribution in [3.63, 3.8) is 0 Å². The maximum absolute atomic E-state index is 5.69. The van der Waals surface area contributed by atoms with Crippen molar-refractivity contribution in [2.75, 3.05) is 0 Å². The molecule has 0 aliphatic carbocycles. The van der Waals surface area contributed by atoms with E-state index in [0.29, 0.717) is 13.2 Å². The second kappa shape index (κ2) is 5.33. The molecular formula is C12H14BrN3O. The molecule has 4 nitrogen and oxygen atoms in total. The molecule has 0 radical (unpaired) electrons. The number of imidazole rings is 1. The minimum Gasteiger partial charge on any atom is -0.487 e. The van der Waals surface area contributed by atoms with Crippen LogP contribution in [0, 0.1) is 0 Å². The molecule has 0 amide bonds. The monoisotopic (exact) mass is 295 g/mol. The van der Waals surface area contributed by atoms with Crippen LogP contribution < -0.4 is 10.5 Å². The first-order valence-corrected chi connectivity index (χ1v) is 6.06. The van der Waals surface area contributed by atoms with Gasteiger partial charge < -0.3 is 15.0 Å². The van der Waals surface area contributed by atoms with Crippen LogP contribution in [0.15, 0.2) is 35.2 Å². The smallest absolute Gasteiger partial charge is 0.130 e. The summed E-state index contributed by atoms with van der Waals surface area (Å²) in [6, 6.07) is 5.81. The minimum absolute atomic E-state index is 0.490. The van der Waals surface area contributed by atoms with Crippen molar-refractivity contribution in [1.82, 2.24) is 9.55 Å². The summed E-state index contributed by atoms with van der Waals surface area (Å²) < 4.78 is 8.63. The summed E-state index contributed by atoms with van der Waals surface area (Å²) in [7, 11) is 1.94. The number of hydrogen-bond acceptors (Lipinski definition) is 3. The summed E-state index contributed by atoms with van der Waals surface area (Å²) in [4.78, 5) is 4.04. The van der Waals surface area contributed by atoms with Crippen LogP contribution in [0.4, 0.5) is 0 Å². The summed E-state index contributed by atoms with van der Waals surface area (Å²) in [6.45, 7) is 0.992. The molecule has 0 spiro atoms. The van der Waals surface area contributed by atoms with Crippen LogP contribution in [-0.4, -0.2) is 9.55 Å². The molecule has 1 aromatic heterocycles. The number of ether oxygens (including phenoxy) is 1. The second-order valence-corrected chi connectivity index (χ2v) is 4.60. The number of rotatable bonds is 4. The van der Waals surface area contributed by atoms with E-state index < -0.39 is 0 Å². The van der Waals surface area contributed by atoms with Crippen molar-refractivity contribution in [2.45, 2.75) is 13.2 Å². The number of hydrogen-bond donors (Lipinski definition) is 1. The number of nitrogens with zero attached hydrogens (tertiary/aromatic N) is 2. The van der Waals surface area contributed by atoms with Gasteiger partial charge in [-0.3, -0.25) is 0 Å². The zero-order chi connectivity index (χ0) is 12.3. The number of benzene rings is 1. The van der Waals surface area contributed by atoms with Crippen LogP contribution in [0.3, 0.4) is 0 Å². The Labute approximate surface area is 109 Å². The number of aryl methyl sites for hydroxylation is 1. The Morgan fingerprint density at radius 2 is 2.29 bits per heavy atom. The van der Waals surface area contributed by atoms with Gasteiger partial charge in [-0.25, -0.2) is 4.98 Å². The van der Waals surface area contributed by atoms with E-state index >= 15 is 0 Å². The average Bonchev–Trinajstić information content (AvgIpc) is 2.74. The Bertz CT molecular complexity index is 510. The lowest BCUT2D eigenvalue weighted by atomic mass is 10.2. The van der Waals surface area contributed by atoms with E-state index in [9.17, 15) is 0 Å². The molecule has 1 aromatic carbocycles. The van der Waals surface area contributed by atoms with Gasteiger partial charge in [0.2, 0.25) is 0 Å². The molecule has 0 fully saturated rings. The summed E-state index contributed by atoms with van der Waals surface area (Å²) >= 11 is 3.44. The molecule has 0 aliphatic rings. The van der Waals surface area contributed by atoms with Gasteiger partial charge in [-0.05, 0) is 23.8 Å². The first-order valence-electron chi connectivity index (χ1n) is 5.27. The molecule has 1 heterocycles. The van der Waals surface area contributed by atoms with Crippen molar-refractivity contribution in [3.05, 3.63) is 46.5 Å². The Morgan fingerprint density at radius 1 is 1.47 bits per heavy atom. The Kier molecular flexibility index (Phi) is 3.81. The first kappa shape index (κ1) is 12.1. The third kappa shape index (κ3) is 2.87. The molecular weight excluding hydrogens is 282 g/mol. The summed E-state index contributed by atoms with van der Waals surface area (Å²) in [5.41, 5.74) is 7.70. The van der Waals surface area contributed by atoms with Crippen molar-refractivity contribution in [1.29, 1.82) is 0 Å². The molecule has 0 atom stereocenters. The van der Waals surface area contributed by atoms with Crippen LogP contribution in [0.1, 0.15) is 11.3 Å². The van der Waals surface area contributed by atoms with Gasteiger partial charge in [-0.1, -0.05) is 15.9 Å². The third-order valence-electron chi connectivity index (χ3n) is 2.54. The largest absolute Gasteiger partial charge is 0.487 e. The molecule has 0 saturated carbocycles. The summed E-state index contributed by atoms with van der Waals surface area (Å²) in [5.74, 6) is 0.815. The highest BCUT2D eigenvalue weighted by molar-refractivity contribution is 9.10. The predicted octanol–water partition coefficient (Wildman–Crippen LogP) is 2.22. The maximum atomic E-state index is 5.69. The topological polar surface area (TPSA) is 53.1 Å². The zero-order valence-corrected chi connectivity index (χ0v) is 11.1. The van der Waals surface area contributed by atoms with Crippen molar-refractivity contribution < 1.29 is 4.74 Å². The molecule has 0 saturated heterocycles. The van der Waals surface area contributed by atoms with Crippen molar-refractivity contribution in [2.24, 2.45) is 12.8 Å².